The molecule has 0 N–H and O–H groups in total. The summed E-state index contributed by atoms with van der Waals surface area (Å²) >= 11 is 5.36. The molecule has 1 aromatic carbocycles. The van der Waals surface area contributed by atoms with Crippen molar-refractivity contribution in [2.45, 2.75) is 33.1 Å². The second-order valence-electron chi connectivity index (χ2n) is 4.86. The predicted octanol–water partition coefficient (Wildman–Crippen LogP) is 4.66. The molecule has 2 aromatic rings. The number of aryl methyl sites for hydroxylation is 1. The van der Waals surface area contributed by atoms with E-state index in [0.29, 0.717) is 0 Å². The maximum absolute atomic E-state index is 4.70. The van der Waals surface area contributed by atoms with E-state index >= 15 is 0 Å². The van der Waals surface area contributed by atoms with Crippen molar-refractivity contribution in [3.63, 3.8) is 0 Å². The van der Waals surface area contributed by atoms with Crippen LogP contribution in [0.2, 0.25) is 0 Å². The lowest BCUT2D eigenvalue weighted by atomic mass is 9.98. The number of fused-ring (bicyclic) bond motifs is 1. The summed E-state index contributed by atoms with van der Waals surface area (Å²) in [6.45, 7) is 8.71. The summed E-state index contributed by atoms with van der Waals surface area (Å²) in [6.07, 6.45) is 0. The number of nitrogens with zero attached hydrogens (tertiary/aromatic N) is 1. The molecule has 80 valence electrons. The van der Waals surface area contributed by atoms with Gasteiger partial charge >= 0.3 is 0 Å². The second-order valence-corrected chi connectivity index (χ2v) is 6.75. The molecule has 0 spiro atoms. The van der Waals surface area contributed by atoms with Crippen molar-refractivity contribution in [1.82, 2.24) is 4.98 Å². The molecule has 0 unspecified atom stereocenters. The molecule has 15 heavy (non-hydrogen) atoms. The van der Waals surface area contributed by atoms with Crippen LogP contribution in [0.3, 0.4) is 0 Å². The second kappa shape index (κ2) is 3.56. The van der Waals surface area contributed by atoms with Crippen LogP contribution in [0.4, 0.5) is 0 Å². The van der Waals surface area contributed by atoms with Crippen molar-refractivity contribution < 1.29 is 0 Å². The summed E-state index contributed by atoms with van der Waals surface area (Å²) in [5, 5.41) is 1.20. The molecular weight excluding hydrogens is 270 g/mol. The minimum absolute atomic E-state index is 0.136. The highest BCUT2D eigenvalue weighted by Crippen LogP contribution is 2.34. The fourth-order valence-electron chi connectivity index (χ4n) is 1.44. The van der Waals surface area contributed by atoms with Gasteiger partial charge in [-0.3, -0.25) is 0 Å². The van der Waals surface area contributed by atoms with E-state index in [9.17, 15) is 0 Å². The van der Waals surface area contributed by atoms with Crippen LogP contribution in [0, 0.1) is 6.92 Å². The van der Waals surface area contributed by atoms with Gasteiger partial charge in [-0.25, -0.2) is 4.98 Å². The normalized spacial score (nSPS) is 12.3. The van der Waals surface area contributed by atoms with Crippen molar-refractivity contribution in [2.75, 3.05) is 0 Å². The van der Waals surface area contributed by atoms with E-state index in [1.54, 1.807) is 11.3 Å². The third kappa shape index (κ3) is 2.08. The van der Waals surface area contributed by atoms with E-state index < -0.39 is 0 Å². The SMILES string of the molecule is Cc1cc(Br)c2nc(C(C)(C)C)sc2c1. The highest BCUT2D eigenvalue weighted by Gasteiger charge is 2.19. The van der Waals surface area contributed by atoms with Crippen molar-refractivity contribution in [1.29, 1.82) is 0 Å². The first-order chi connectivity index (χ1) is 6.88. The van der Waals surface area contributed by atoms with Crippen LogP contribution in [0.5, 0.6) is 0 Å². The lowest BCUT2D eigenvalue weighted by Gasteiger charge is -2.13. The van der Waals surface area contributed by atoms with Gasteiger partial charge in [-0.15, -0.1) is 11.3 Å². The molecule has 0 aliphatic heterocycles. The molecule has 2 rings (SSSR count). The standard InChI is InChI=1S/C12H14BrNS/c1-7-5-8(13)10-9(6-7)15-11(14-10)12(2,3)4/h5-6H,1-4H3. The van der Waals surface area contributed by atoms with Gasteiger partial charge in [0.15, 0.2) is 0 Å². The Morgan fingerprint density at radius 1 is 1.27 bits per heavy atom. The van der Waals surface area contributed by atoms with Crippen LogP contribution in [0.1, 0.15) is 31.3 Å². The molecule has 3 heteroatoms. The smallest absolute Gasteiger partial charge is 0.0992 e. The summed E-state index contributed by atoms with van der Waals surface area (Å²) in [6, 6.07) is 4.32. The van der Waals surface area contributed by atoms with Gasteiger partial charge in [0.05, 0.1) is 15.2 Å². The molecule has 1 heterocycles. The topological polar surface area (TPSA) is 12.9 Å². The number of hydrogen-bond acceptors (Lipinski definition) is 2. The molecule has 1 aromatic heterocycles. The van der Waals surface area contributed by atoms with Crippen molar-refractivity contribution in [3.05, 3.63) is 27.2 Å². The third-order valence-electron chi connectivity index (χ3n) is 2.23. The van der Waals surface area contributed by atoms with Gasteiger partial charge in [0.25, 0.3) is 0 Å². The third-order valence-corrected chi connectivity index (χ3v) is 4.27. The first-order valence-electron chi connectivity index (χ1n) is 4.95. The number of aromatic nitrogens is 1. The van der Waals surface area contributed by atoms with Crippen molar-refractivity contribution >= 4 is 37.5 Å². The monoisotopic (exact) mass is 283 g/mol. The number of thiazole rings is 1. The Balaban J connectivity index is 2.71. The van der Waals surface area contributed by atoms with E-state index in [1.165, 1.54) is 15.3 Å². The Kier molecular flexibility index (Phi) is 2.63. The lowest BCUT2D eigenvalue weighted by Crippen LogP contribution is -2.09. The Labute approximate surface area is 103 Å². The predicted molar refractivity (Wildman–Crippen MR) is 70.8 cm³/mol. The average molecular weight is 284 g/mol. The molecule has 0 fully saturated rings. The van der Waals surface area contributed by atoms with Crippen LogP contribution in [-0.2, 0) is 5.41 Å². The van der Waals surface area contributed by atoms with Gasteiger partial charge in [0.1, 0.15) is 0 Å². The van der Waals surface area contributed by atoms with Gasteiger partial charge in [0.2, 0.25) is 0 Å². The highest BCUT2D eigenvalue weighted by molar-refractivity contribution is 9.10. The molecule has 0 saturated carbocycles. The summed E-state index contributed by atoms with van der Waals surface area (Å²) in [4.78, 5) is 4.70. The number of rotatable bonds is 0. The zero-order valence-corrected chi connectivity index (χ0v) is 11.8. The maximum atomic E-state index is 4.70. The summed E-state index contributed by atoms with van der Waals surface area (Å²) in [7, 11) is 0. The number of hydrogen-bond donors (Lipinski definition) is 0. The first kappa shape index (κ1) is 11.1. The maximum Gasteiger partial charge on any atom is 0.0992 e. The molecule has 0 radical (unpaired) electrons. The van der Waals surface area contributed by atoms with Crippen LogP contribution < -0.4 is 0 Å². The summed E-state index contributed by atoms with van der Waals surface area (Å²) in [5.41, 5.74) is 2.51. The Morgan fingerprint density at radius 2 is 1.93 bits per heavy atom. The fraction of sp³-hybridized carbons (Fsp3) is 0.417. The minimum Gasteiger partial charge on any atom is -0.239 e. The van der Waals surface area contributed by atoms with E-state index in [2.05, 4.69) is 55.8 Å². The number of benzene rings is 1. The van der Waals surface area contributed by atoms with E-state index in [1.807, 2.05) is 0 Å². The summed E-state index contributed by atoms with van der Waals surface area (Å²) in [5.74, 6) is 0. The Bertz CT molecular complexity index is 508. The van der Waals surface area contributed by atoms with Gasteiger partial charge in [-0.2, -0.15) is 0 Å². The molecule has 0 amide bonds. The molecule has 0 bridgehead atoms. The van der Waals surface area contributed by atoms with E-state index in [4.69, 9.17) is 4.98 Å². The molecule has 0 aliphatic rings. The van der Waals surface area contributed by atoms with Crippen LogP contribution in [0.15, 0.2) is 16.6 Å². The number of halogens is 1. The van der Waals surface area contributed by atoms with Crippen LogP contribution >= 0.6 is 27.3 Å². The fourth-order valence-corrected chi connectivity index (χ4v) is 3.38. The Hall–Kier alpha value is -0.410. The lowest BCUT2D eigenvalue weighted by molar-refractivity contribution is 0.587. The van der Waals surface area contributed by atoms with Crippen molar-refractivity contribution in [3.8, 4) is 0 Å². The van der Waals surface area contributed by atoms with Gasteiger partial charge in [0, 0.05) is 9.89 Å². The molecule has 1 nitrogen and oxygen atoms in total. The summed E-state index contributed by atoms with van der Waals surface area (Å²) < 4.78 is 2.37. The molecular formula is C12H14BrNS. The van der Waals surface area contributed by atoms with Gasteiger partial charge < -0.3 is 0 Å². The van der Waals surface area contributed by atoms with Gasteiger partial charge in [-0.05, 0) is 40.5 Å². The molecule has 0 saturated heterocycles. The zero-order chi connectivity index (χ0) is 11.2. The van der Waals surface area contributed by atoms with E-state index in [-0.39, 0.29) is 5.41 Å². The molecule has 0 atom stereocenters. The largest absolute Gasteiger partial charge is 0.239 e. The molecule has 0 aliphatic carbocycles. The minimum atomic E-state index is 0.136. The first-order valence-corrected chi connectivity index (χ1v) is 6.56. The quantitative estimate of drug-likeness (QED) is 0.685. The van der Waals surface area contributed by atoms with Crippen molar-refractivity contribution in [2.24, 2.45) is 0 Å². The highest BCUT2D eigenvalue weighted by atomic mass is 79.9. The average Bonchev–Trinajstić information content (AvgIpc) is 2.46. The van der Waals surface area contributed by atoms with Crippen LogP contribution in [0.25, 0.3) is 10.2 Å². The zero-order valence-electron chi connectivity index (χ0n) is 9.39. The van der Waals surface area contributed by atoms with Crippen LogP contribution in [-0.4, -0.2) is 4.98 Å². The Morgan fingerprint density at radius 3 is 2.53 bits per heavy atom. The van der Waals surface area contributed by atoms with Gasteiger partial charge in [-0.1, -0.05) is 20.8 Å². The van der Waals surface area contributed by atoms with E-state index in [0.717, 1.165) is 9.99 Å².